The first kappa shape index (κ1) is 11.9. The Kier molecular flexibility index (Phi) is 3.44. The number of ether oxygens (including phenoxy) is 1. The summed E-state index contributed by atoms with van der Waals surface area (Å²) in [7, 11) is 1.56. The van der Waals surface area contributed by atoms with Crippen molar-refractivity contribution in [3.05, 3.63) is 35.5 Å². The third kappa shape index (κ3) is 2.58. The monoisotopic (exact) mass is 244 g/mol. The standard InChI is InChI=1S/C12H12N4O2/c1-8-15-12(16-18-8)7-14-10-4-3-9(6-13)5-11(10)17-2/h3-5,14H,7H2,1-2H3. The molecule has 0 spiro atoms. The first-order valence-electron chi connectivity index (χ1n) is 5.34. The topological polar surface area (TPSA) is 84.0 Å². The van der Waals surface area contributed by atoms with E-state index in [1.54, 1.807) is 32.2 Å². The van der Waals surface area contributed by atoms with Crippen LogP contribution in [-0.2, 0) is 6.54 Å². The highest BCUT2D eigenvalue weighted by atomic mass is 16.5. The zero-order valence-corrected chi connectivity index (χ0v) is 10.1. The van der Waals surface area contributed by atoms with E-state index in [2.05, 4.69) is 21.5 Å². The van der Waals surface area contributed by atoms with E-state index in [9.17, 15) is 0 Å². The summed E-state index contributed by atoms with van der Waals surface area (Å²) in [6, 6.07) is 7.23. The molecule has 0 atom stereocenters. The summed E-state index contributed by atoms with van der Waals surface area (Å²) in [6.07, 6.45) is 0. The number of hydrogen-bond acceptors (Lipinski definition) is 6. The molecule has 18 heavy (non-hydrogen) atoms. The molecule has 0 aliphatic carbocycles. The summed E-state index contributed by atoms with van der Waals surface area (Å²) in [5.74, 6) is 1.70. The summed E-state index contributed by atoms with van der Waals surface area (Å²) < 4.78 is 10.1. The van der Waals surface area contributed by atoms with Crippen molar-refractivity contribution in [2.75, 3.05) is 12.4 Å². The van der Waals surface area contributed by atoms with Crippen molar-refractivity contribution in [3.8, 4) is 11.8 Å². The number of nitriles is 1. The second-order valence-corrected chi connectivity index (χ2v) is 3.61. The van der Waals surface area contributed by atoms with E-state index in [1.807, 2.05) is 0 Å². The average Bonchev–Trinajstić information content (AvgIpc) is 2.82. The molecule has 0 unspecified atom stereocenters. The number of rotatable bonds is 4. The van der Waals surface area contributed by atoms with Crippen LogP contribution in [0.15, 0.2) is 22.7 Å². The van der Waals surface area contributed by atoms with Crippen LogP contribution in [0.2, 0.25) is 0 Å². The molecule has 1 aromatic heterocycles. The van der Waals surface area contributed by atoms with Gasteiger partial charge in [-0.25, -0.2) is 0 Å². The van der Waals surface area contributed by atoms with Crippen LogP contribution in [-0.4, -0.2) is 17.3 Å². The maximum absolute atomic E-state index is 8.80. The Hall–Kier alpha value is -2.55. The summed E-state index contributed by atoms with van der Waals surface area (Å²) in [5, 5.41) is 15.7. The average molecular weight is 244 g/mol. The third-order valence-electron chi connectivity index (χ3n) is 2.34. The Labute approximate surface area is 104 Å². The lowest BCUT2D eigenvalue weighted by molar-refractivity contribution is 0.388. The van der Waals surface area contributed by atoms with Gasteiger partial charge in [0.2, 0.25) is 5.89 Å². The highest BCUT2D eigenvalue weighted by molar-refractivity contribution is 5.59. The smallest absolute Gasteiger partial charge is 0.223 e. The lowest BCUT2D eigenvalue weighted by Gasteiger charge is -2.09. The summed E-state index contributed by atoms with van der Waals surface area (Å²) in [4.78, 5) is 4.08. The minimum Gasteiger partial charge on any atom is -0.495 e. The molecule has 6 heteroatoms. The molecule has 0 saturated carbocycles. The number of anilines is 1. The molecule has 0 aliphatic rings. The van der Waals surface area contributed by atoms with Crippen molar-refractivity contribution in [2.45, 2.75) is 13.5 Å². The lowest BCUT2D eigenvalue weighted by Crippen LogP contribution is -2.03. The van der Waals surface area contributed by atoms with Gasteiger partial charge in [0.05, 0.1) is 31.0 Å². The van der Waals surface area contributed by atoms with Gasteiger partial charge in [0.1, 0.15) is 5.75 Å². The molecule has 0 amide bonds. The summed E-state index contributed by atoms with van der Waals surface area (Å²) >= 11 is 0. The molecular formula is C12H12N4O2. The second kappa shape index (κ2) is 5.19. The number of benzene rings is 1. The summed E-state index contributed by atoms with van der Waals surface area (Å²) in [5.41, 5.74) is 1.33. The lowest BCUT2D eigenvalue weighted by atomic mass is 10.2. The van der Waals surface area contributed by atoms with Crippen molar-refractivity contribution >= 4 is 5.69 Å². The number of methoxy groups -OCH3 is 1. The quantitative estimate of drug-likeness (QED) is 0.883. The van der Waals surface area contributed by atoms with E-state index in [1.165, 1.54) is 0 Å². The molecule has 1 aromatic carbocycles. The Bertz CT molecular complexity index is 586. The van der Waals surface area contributed by atoms with Crippen LogP contribution in [0.25, 0.3) is 0 Å². The Morgan fingerprint density at radius 2 is 2.33 bits per heavy atom. The predicted octanol–water partition coefficient (Wildman–Crippen LogP) is 1.87. The van der Waals surface area contributed by atoms with Gasteiger partial charge in [-0.05, 0) is 12.1 Å². The first-order chi connectivity index (χ1) is 8.72. The molecule has 1 N–H and O–H groups in total. The molecule has 2 aromatic rings. The molecule has 0 saturated heterocycles. The maximum atomic E-state index is 8.80. The molecular weight excluding hydrogens is 232 g/mol. The fourth-order valence-electron chi connectivity index (χ4n) is 1.49. The normalized spacial score (nSPS) is 9.83. The highest BCUT2D eigenvalue weighted by Crippen LogP contribution is 2.25. The maximum Gasteiger partial charge on any atom is 0.223 e. The van der Waals surface area contributed by atoms with Crippen molar-refractivity contribution in [1.29, 1.82) is 5.26 Å². The van der Waals surface area contributed by atoms with Crippen molar-refractivity contribution in [2.24, 2.45) is 0 Å². The van der Waals surface area contributed by atoms with Gasteiger partial charge in [0.15, 0.2) is 5.82 Å². The largest absolute Gasteiger partial charge is 0.495 e. The van der Waals surface area contributed by atoms with E-state index in [0.717, 1.165) is 5.69 Å². The minimum atomic E-state index is 0.430. The molecule has 0 radical (unpaired) electrons. The van der Waals surface area contributed by atoms with Gasteiger partial charge in [0, 0.05) is 13.0 Å². The van der Waals surface area contributed by atoms with E-state index >= 15 is 0 Å². The van der Waals surface area contributed by atoms with Crippen LogP contribution in [0.5, 0.6) is 5.75 Å². The van der Waals surface area contributed by atoms with Gasteiger partial charge in [-0.15, -0.1) is 0 Å². The number of hydrogen-bond donors (Lipinski definition) is 1. The van der Waals surface area contributed by atoms with Gasteiger partial charge in [-0.2, -0.15) is 10.2 Å². The van der Waals surface area contributed by atoms with Crippen LogP contribution >= 0.6 is 0 Å². The number of aryl methyl sites for hydroxylation is 1. The van der Waals surface area contributed by atoms with Crippen LogP contribution in [0, 0.1) is 18.3 Å². The van der Waals surface area contributed by atoms with E-state index in [-0.39, 0.29) is 0 Å². The second-order valence-electron chi connectivity index (χ2n) is 3.61. The van der Waals surface area contributed by atoms with Gasteiger partial charge in [-0.3, -0.25) is 0 Å². The molecule has 1 heterocycles. The molecule has 2 rings (SSSR count). The number of nitrogens with one attached hydrogen (secondary N) is 1. The number of aromatic nitrogens is 2. The zero-order chi connectivity index (χ0) is 13.0. The molecule has 0 aliphatic heterocycles. The third-order valence-corrected chi connectivity index (χ3v) is 2.34. The van der Waals surface area contributed by atoms with Crippen LogP contribution in [0.4, 0.5) is 5.69 Å². The van der Waals surface area contributed by atoms with Crippen LogP contribution < -0.4 is 10.1 Å². The first-order valence-corrected chi connectivity index (χ1v) is 5.34. The Balaban J connectivity index is 2.12. The van der Waals surface area contributed by atoms with Gasteiger partial charge in [0.25, 0.3) is 0 Å². The zero-order valence-electron chi connectivity index (χ0n) is 10.1. The van der Waals surface area contributed by atoms with Gasteiger partial charge in [-0.1, -0.05) is 5.16 Å². The molecule has 92 valence electrons. The van der Waals surface area contributed by atoms with Crippen molar-refractivity contribution < 1.29 is 9.26 Å². The fourth-order valence-corrected chi connectivity index (χ4v) is 1.49. The SMILES string of the molecule is COc1cc(C#N)ccc1NCc1noc(C)n1. The van der Waals surface area contributed by atoms with Crippen molar-refractivity contribution in [3.63, 3.8) is 0 Å². The van der Waals surface area contributed by atoms with Crippen LogP contribution in [0.3, 0.4) is 0 Å². The highest BCUT2D eigenvalue weighted by Gasteiger charge is 2.06. The van der Waals surface area contributed by atoms with E-state index in [4.69, 9.17) is 14.5 Å². The van der Waals surface area contributed by atoms with Crippen LogP contribution in [0.1, 0.15) is 17.3 Å². The molecule has 0 bridgehead atoms. The van der Waals surface area contributed by atoms with Gasteiger partial charge >= 0.3 is 0 Å². The molecule has 0 fully saturated rings. The van der Waals surface area contributed by atoms with E-state index < -0.39 is 0 Å². The summed E-state index contributed by atoms with van der Waals surface area (Å²) in [6.45, 7) is 2.17. The van der Waals surface area contributed by atoms with Gasteiger partial charge < -0.3 is 14.6 Å². The Morgan fingerprint density at radius 1 is 1.50 bits per heavy atom. The predicted molar refractivity (Wildman–Crippen MR) is 64.1 cm³/mol. The number of nitrogens with zero attached hydrogens (tertiary/aromatic N) is 3. The van der Waals surface area contributed by atoms with Crippen molar-refractivity contribution in [1.82, 2.24) is 10.1 Å². The van der Waals surface area contributed by atoms with E-state index in [0.29, 0.717) is 29.6 Å². The fraction of sp³-hybridized carbons (Fsp3) is 0.250. The molecule has 6 nitrogen and oxygen atoms in total. The Morgan fingerprint density at radius 3 is 2.94 bits per heavy atom. The minimum absolute atomic E-state index is 0.430.